The summed E-state index contributed by atoms with van der Waals surface area (Å²) < 4.78 is 27.9. The lowest BCUT2D eigenvalue weighted by atomic mass is 9.93. The summed E-state index contributed by atoms with van der Waals surface area (Å²) in [5.74, 6) is 0.171. The molecule has 2 atom stereocenters. The molecule has 2 aromatic rings. The van der Waals surface area contributed by atoms with Crippen molar-refractivity contribution in [3.63, 3.8) is 0 Å². The van der Waals surface area contributed by atoms with E-state index in [4.69, 9.17) is 9.05 Å². The van der Waals surface area contributed by atoms with Crippen molar-refractivity contribution in [1.82, 2.24) is 9.13 Å². The summed E-state index contributed by atoms with van der Waals surface area (Å²) in [6.45, 7) is 5.49. The lowest BCUT2D eigenvalue weighted by Crippen LogP contribution is -2.21. The smallest absolute Gasteiger partial charge is 0.319 e. The van der Waals surface area contributed by atoms with Gasteiger partial charge in [-0.2, -0.15) is 0 Å². The van der Waals surface area contributed by atoms with Gasteiger partial charge < -0.3 is 18.2 Å². The Morgan fingerprint density at radius 1 is 0.900 bits per heavy atom. The van der Waals surface area contributed by atoms with E-state index >= 15 is 0 Å². The van der Waals surface area contributed by atoms with Crippen molar-refractivity contribution in [3.8, 4) is 0 Å². The molecular formula is C22H29N2O5P. The van der Waals surface area contributed by atoms with Crippen molar-refractivity contribution in [2.75, 3.05) is 13.2 Å². The Morgan fingerprint density at radius 2 is 1.33 bits per heavy atom. The number of hydrogen-bond donors (Lipinski definition) is 0. The van der Waals surface area contributed by atoms with E-state index in [9.17, 15) is 14.2 Å². The van der Waals surface area contributed by atoms with Gasteiger partial charge in [-0.25, -0.2) is 0 Å². The minimum absolute atomic E-state index is 0.0427. The maximum absolute atomic E-state index is 12.5. The molecule has 4 rings (SSSR count). The molecule has 0 bridgehead atoms. The van der Waals surface area contributed by atoms with Crippen LogP contribution in [0.3, 0.4) is 0 Å². The summed E-state index contributed by atoms with van der Waals surface area (Å²) in [6.07, 6.45) is 7.70. The number of hydrogen-bond acceptors (Lipinski definition) is 5. The molecule has 0 fully saturated rings. The van der Waals surface area contributed by atoms with Crippen LogP contribution in [0.2, 0.25) is 0 Å². The molecule has 2 aliphatic heterocycles. The summed E-state index contributed by atoms with van der Waals surface area (Å²) in [5.41, 5.74) is 3.42. The monoisotopic (exact) mass is 432 g/mol. The number of ketones is 2. The largest absolute Gasteiger partial charge is 0.350 e. The number of carbonyl (C=O) groups excluding carboxylic acids is 2. The van der Waals surface area contributed by atoms with Crippen LogP contribution in [0.1, 0.15) is 83.5 Å². The molecule has 0 aliphatic carbocycles. The highest BCUT2D eigenvalue weighted by atomic mass is 31.1. The topological polar surface area (TPSA) is 79.5 Å². The second kappa shape index (κ2) is 9.04. The molecule has 0 N–H and O–H groups in total. The first-order chi connectivity index (χ1) is 14.5. The number of aryl methyl sites for hydroxylation is 2. The second-order valence-corrected chi connectivity index (χ2v) is 9.36. The fraction of sp³-hybridized carbons (Fsp3) is 0.545. The van der Waals surface area contributed by atoms with Gasteiger partial charge in [0.25, 0.3) is 0 Å². The van der Waals surface area contributed by atoms with Crippen molar-refractivity contribution in [2.45, 2.75) is 64.5 Å². The molecule has 0 radical (unpaired) electrons. The Kier molecular flexibility index (Phi) is 6.42. The zero-order valence-electron chi connectivity index (χ0n) is 17.6. The lowest BCUT2D eigenvalue weighted by Gasteiger charge is -2.27. The number of rotatable bonds is 8. The van der Waals surface area contributed by atoms with E-state index in [-0.39, 0.29) is 36.6 Å². The molecule has 2 unspecified atom stereocenters. The summed E-state index contributed by atoms with van der Waals surface area (Å²) >= 11 is 0. The number of carbonyl (C=O) groups is 2. The molecular weight excluding hydrogens is 403 g/mol. The van der Waals surface area contributed by atoms with E-state index in [0.717, 1.165) is 61.3 Å². The molecule has 8 heteroatoms. The van der Waals surface area contributed by atoms with Crippen LogP contribution in [0.15, 0.2) is 24.5 Å². The zero-order valence-corrected chi connectivity index (χ0v) is 18.6. The van der Waals surface area contributed by atoms with E-state index in [1.165, 1.54) is 0 Å². The van der Waals surface area contributed by atoms with Gasteiger partial charge in [0.2, 0.25) is 0 Å². The van der Waals surface area contributed by atoms with Crippen LogP contribution in [-0.2, 0) is 26.7 Å². The van der Waals surface area contributed by atoms with Gasteiger partial charge >= 0.3 is 8.25 Å². The Bertz CT molecular complexity index is 900. The van der Waals surface area contributed by atoms with Crippen molar-refractivity contribution in [2.24, 2.45) is 0 Å². The highest BCUT2D eigenvalue weighted by Crippen LogP contribution is 2.37. The van der Waals surface area contributed by atoms with E-state index in [1.54, 1.807) is 13.8 Å². The van der Waals surface area contributed by atoms with E-state index in [0.29, 0.717) is 0 Å². The van der Waals surface area contributed by atoms with Crippen LogP contribution >= 0.6 is 8.25 Å². The van der Waals surface area contributed by atoms with Crippen LogP contribution in [0, 0.1) is 0 Å². The Labute approximate surface area is 177 Å². The SMILES string of the molecule is CC(=O)c1ccn2c1C(CO[PH](=O)OCC1CCCn3ccc(C(C)=O)c31)CCC2. The molecule has 0 saturated heterocycles. The van der Waals surface area contributed by atoms with Crippen molar-refractivity contribution >= 4 is 19.8 Å². The number of aromatic nitrogens is 2. The first-order valence-corrected chi connectivity index (χ1v) is 11.9. The van der Waals surface area contributed by atoms with E-state index < -0.39 is 8.25 Å². The number of nitrogens with zero attached hydrogens (tertiary/aromatic N) is 2. The third kappa shape index (κ3) is 4.25. The average Bonchev–Trinajstić information content (AvgIpc) is 3.35. The van der Waals surface area contributed by atoms with Crippen LogP contribution in [0.5, 0.6) is 0 Å². The normalized spacial score (nSPS) is 21.7. The molecule has 0 spiro atoms. The molecule has 162 valence electrons. The highest BCUT2D eigenvalue weighted by Gasteiger charge is 2.28. The Balaban J connectivity index is 1.36. The summed E-state index contributed by atoms with van der Waals surface area (Å²) in [7, 11) is -2.66. The molecule has 2 aromatic heterocycles. The second-order valence-electron chi connectivity index (χ2n) is 8.28. The minimum Gasteiger partial charge on any atom is -0.350 e. The molecule has 4 heterocycles. The van der Waals surface area contributed by atoms with E-state index in [1.807, 2.05) is 24.5 Å². The molecule has 2 aliphatic rings. The van der Waals surface area contributed by atoms with Gasteiger partial charge in [0.05, 0.1) is 13.2 Å². The summed E-state index contributed by atoms with van der Waals surface area (Å²) in [6, 6.07) is 3.72. The van der Waals surface area contributed by atoms with Crippen molar-refractivity contribution in [3.05, 3.63) is 47.0 Å². The maximum Gasteiger partial charge on any atom is 0.319 e. The van der Waals surface area contributed by atoms with Crippen molar-refractivity contribution < 1.29 is 23.2 Å². The van der Waals surface area contributed by atoms with Gasteiger partial charge in [-0.15, -0.1) is 0 Å². The standard InChI is InChI=1S/C22H29N2O5P/c1-15(25)19-7-11-23-9-3-5-17(21(19)23)13-28-30(27)29-14-18-6-4-10-24-12-8-20(16(2)26)22(18)24/h7-8,11-12,17-18,30H,3-6,9-10,13-14H2,1-2H3. The zero-order chi connectivity index (χ0) is 21.3. The van der Waals surface area contributed by atoms with Gasteiger partial charge in [0, 0.05) is 59.8 Å². The summed E-state index contributed by atoms with van der Waals surface area (Å²) in [5, 5.41) is 0. The molecule has 7 nitrogen and oxygen atoms in total. The fourth-order valence-corrected chi connectivity index (χ4v) is 5.61. The number of fused-ring (bicyclic) bond motifs is 2. The van der Waals surface area contributed by atoms with Gasteiger partial charge in [-0.1, -0.05) is 0 Å². The van der Waals surface area contributed by atoms with Gasteiger partial charge in [-0.3, -0.25) is 14.2 Å². The molecule has 0 aromatic carbocycles. The van der Waals surface area contributed by atoms with Crippen LogP contribution < -0.4 is 0 Å². The Morgan fingerprint density at radius 3 is 1.73 bits per heavy atom. The highest BCUT2D eigenvalue weighted by molar-refractivity contribution is 7.33. The van der Waals surface area contributed by atoms with Gasteiger partial charge in [0.15, 0.2) is 11.6 Å². The quantitative estimate of drug-likeness (QED) is 0.451. The minimum atomic E-state index is -2.66. The predicted molar refractivity (Wildman–Crippen MR) is 114 cm³/mol. The molecule has 30 heavy (non-hydrogen) atoms. The van der Waals surface area contributed by atoms with Crippen molar-refractivity contribution in [1.29, 1.82) is 0 Å². The van der Waals surface area contributed by atoms with Gasteiger partial charge in [0.1, 0.15) is 0 Å². The van der Waals surface area contributed by atoms with Crippen LogP contribution in [-0.4, -0.2) is 33.9 Å². The molecule has 0 amide bonds. The molecule has 0 saturated carbocycles. The average molecular weight is 432 g/mol. The Hall–Kier alpha value is -1.95. The first-order valence-electron chi connectivity index (χ1n) is 10.6. The third-order valence-corrected chi connectivity index (χ3v) is 7.06. The van der Waals surface area contributed by atoms with E-state index in [2.05, 4.69) is 9.13 Å². The van der Waals surface area contributed by atoms with Crippen LogP contribution in [0.25, 0.3) is 0 Å². The van der Waals surface area contributed by atoms with Crippen LogP contribution in [0.4, 0.5) is 0 Å². The first kappa shape index (κ1) is 21.3. The third-order valence-electron chi connectivity index (χ3n) is 6.25. The predicted octanol–water partition coefficient (Wildman–Crippen LogP) is 4.57. The fourth-order valence-electron chi connectivity index (χ4n) is 4.86. The number of Topliss-reactive ketones (excluding diaryl/α,β-unsaturated/α-hetero) is 2. The summed E-state index contributed by atoms with van der Waals surface area (Å²) in [4.78, 5) is 23.9. The maximum atomic E-state index is 12.5. The lowest BCUT2D eigenvalue weighted by molar-refractivity contribution is 0.100. The van der Waals surface area contributed by atoms with Gasteiger partial charge in [-0.05, 0) is 51.7 Å².